The highest BCUT2D eigenvalue weighted by Gasteiger charge is 2.29. The first-order chi connectivity index (χ1) is 7.74. The van der Waals surface area contributed by atoms with Crippen LogP contribution in [0.2, 0.25) is 0 Å². The third-order valence-corrected chi connectivity index (χ3v) is 3.57. The van der Waals surface area contributed by atoms with E-state index < -0.39 is 6.10 Å². The fourth-order valence-corrected chi connectivity index (χ4v) is 2.25. The maximum Gasteiger partial charge on any atom is 0.109 e. The summed E-state index contributed by atoms with van der Waals surface area (Å²) in [4.78, 5) is 0. The highest BCUT2D eigenvalue weighted by Crippen LogP contribution is 2.32. The van der Waals surface area contributed by atoms with Crippen LogP contribution in [0.15, 0.2) is 24.3 Å². The first-order valence-electron chi connectivity index (χ1n) is 6.11. The summed E-state index contributed by atoms with van der Waals surface area (Å²) < 4.78 is 5.74. The molecule has 1 aromatic rings. The van der Waals surface area contributed by atoms with E-state index in [0.717, 1.165) is 19.4 Å². The van der Waals surface area contributed by atoms with Gasteiger partial charge in [0.05, 0.1) is 12.7 Å². The molecule has 16 heavy (non-hydrogen) atoms. The van der Waals surface area contributed by atoms with Gasteiger partial charge in [-0.2, -0.15) is 0 Å². The Kier molecular flexibility index (Phi) is 3.62. The van der Waals surface area contributed by atoms with Gasteiger partial charge in [-0.15, -0.1) is 0 Å². The molecule has 3 atom stereocenters. The van der Waals surface area contributed by atoms with Gasteiger partial charge in [0.1, 0.15) is 6.10 Å². The number of aliphatic hydroxyl groups is 1. The van der Waals surface area contributed by atoms with E-state index in [2.05, 4.69) is 32.0 Å². The molecular formula is C14H20O2. The van der Waals surface area contributed by atoms with Gasteiger partial charge in [0, 0.05) is 0 Å². The second kappa shape index (κ2) is 4.98. The van der Waals surface area contributed by atoms with E-state index in [1.165, 1.54) is 11.1 Å². The molecule has 88 valence electrons. The Morgan fingerprint density at radius 1 is 1.44 bits per heavy atom. The summed E-state index contributed by atoms with van der Waals surface area (Å²) in [6.07, 6.45) is 1.40. The molecule has 0 aliphatic carbocycles. The molecular weight excluding hydrogens is 200 g/mol. The van der Waals surface area contributed by atoms with Gasteiger partial charge in [0.15, 0.2) is 0 Å². The minimum atomic E-state index is -0.397. The SMILES string of the molecule is CCC(C)C(O)C1OCCc2ccccc21. The number of benzene rings is 1. The monoisotopic (exact) mass is 220 g/mol. The molecule has 0 bridgehead atoms. The number of aliphatic hydroxyl groups excluding tert-OH is 1. The van der Waals surface area contributed by atoms with E-state index in [-0.39, 0.29) is 12.0 Å². The predicted molar refractivity (Wildman–Crippen MR) is 64.3 cm³/mol. The van der Waals surface area contributed by atoms with Gasteiger partial charge in [-0.3, -0.25) is 0 Å². The van der Waals surface area contributed by atoms with Crippen molar-refractivity contribution in [3.05, 3.63) is 35.4 Å². The molecule has 1 N–H and O–H groups in total. The topological polar surface area (TPSA) is 29.5 Å². The molecule has 1 heterocycles. The van der Waals surface area contributed by atoms with Gasteiger partial charge in [-0.05, 0) is 23.5 Å². The van der Waals surface area contributed by atoms with Gasteiger partial charge < -0.3 is 9.84 Å². The molecule has 1 aromatic carbocycles. The molecule has 0 saturated carbocycles. The summed E-state index contributed by atoms with van der Waals surface area (Å²) >= 11 is 0. The first kappa shape index (κ1) is 11.6. The van der Waals surface area contributed by atoms with Crippen molar-refractivity contribution in [1.29, 1.82) is 0 Å². The summed E-state index contributed by atoms with van der Waals surface area (Å²) in [5.74, 6) is 0.274. The van der Waals surface area contributed by atoms with Crippen LogP contribution < -0.4 is 0 Å². The molecule has 0 radical (unpaired) electrons. The number of fused-ring (bicyclic) bond motifs is 1. The first-order valence-corrected chi connectivity index (χ1v) is 6.11. The Bertz CT molecular complexity index is 348. The van der Waals surface area contributed by atoms with Crippen molar-refractivity contribution >= 4 is 0 Å². The lowest BCUT2D eigenvalue weighted by atomic mass is 9.88. The van der Waals surface area contributed by atoms with Crippen molar-refractivity contribution in [3.8, 4) is 0 Å². The van der Waals surface area contributed by atoms with E-state index in [4.69, 9.17) is 4.74 Å². The zero-order chi connectivity index (χ0) is 11.5. The third-order valence-electron chi connectivity index (χ3n) is 3.57. The molecule has 0 fully saturated rings. The van der Waals surface area contributed by atoms with Crippen LogP contribution >= 0.6 is 0 Å². The lowest BCUT2D eigenvalue weighted by molar-refractivity contribution is -0.0682. The Balaban J connectivity index is 2.24. The number of ether oxygens (including phenoxy) is 1. The summed E-state index contributed by atoms with van der Waals surface area (Å²) in [5.41, 5.74) is 2.49. The normalized spacial score (nSPS) is 23.6. The van der Waals surface area contributed by atoms with Gasteiger partial charge in [-0.1, -0.05) is 44.5 Å². The molecule has 0 aromatic heterocycles. The Morgan fingerprint density at radius 2 is 2.19 bits per heavy atom. The molecule has 3 unspecified atom stereocenters. The minimum Gasteiger partial charge on any atom is -0.390 e. The second-order valence-corrected chi connectivity index (χ2v) is 4.62. The standard InChI is InChI=1S/C14H20O2/c1-3-10(2)13(15)14-12-7-5-4-6-11(12)8-9-16-14/h4-7,10,13-15H,3,8-9H2,1-2H3. The van der Waals surface area contributed by atoms with Crippen molar-refractivity contribution in [1.82, 2.24) is 0 Å². The highest BCUT2D eigenvalue weighted by molar-refractivity contribution is 5.31. The molecule has 0 amide bonds. The van der Waals surface area contributed by atoms with E-state index >= 15 is 0 Å². The smallest absolute Gasteiger partial charge is 0.109 e. The summed E-state index contributed by atoms with van der Waals surface area (Å²) in [6, 6.07) is 8.28. The molecule has 2 rings (SSSR count). The average Bonchev–Trinajstić information content (AvgIpc) is 2.36. The molecule has 2 heteroatoms. The highest BCUT2D eigenvalue weighted by atomic mass is 16.5. The van der Waals surface area contributed by atoms with Crippen molar-refractivity contribution in [2.75, 3.05) is 6.61 Å². The Morgan fingerprint density at radius 3 is 2.94 bits per heavy atom. The van der Waals surface area contributed by atoms with Crippen LogP contribution in [-0.4, -0.2) is 17.8 Å². The van der Waals surface area contributed by atoms with Gasteiger partial charge in [0.2, 0.25) is 0 Å². The van der Waals surface area contributed by atoms with E-state index in [1.54, 1.807) is 0 Å². The van der Waals surface area contributed by atoms with Crippen LogP contribution in [0, 0.1) is 5.92 Å². The number of rotatable bonds is 3. The van der Waals surface area contributed by atoms with Crippen LogP contribution in [0.1, 0.15) is 37.5 Å². The largest absolute Gasteiger partial charge is 0.390 e. The molecule has 1 aliphatic rings. The molecule has 0 saturated heterocycles. The van der Waals surface area contributed by atoms with Crippen LogP contribution in [0.25, 0.3) is 0 Å². The van der Waals surface area contributed by atoms with Crippen molar-refractivity contribution in [3.63, 3.8) is 0 Å². The van der Waals surface area contributed by atoms with Gasteiger partial charge >= 0.3 is 0 Å². The Hall–Kier alpha value is -0.860. The van der Waals surface area contributed by atoms with Crippen molar-refractivity contribution in [2.45, 2.75) is 38.9 Å². The average molecular weight is 220 g/mol. The maximum atomic E-state index is 10.3. The summed E-state index contributed by atoms with van der Waals surface area (Å²) in [5, 5.41) is 10.3. The van der Waals surface area contributed by atoms with Crippen LogP contribution in [0.3, 0.4) is 0 Å². The quantitative estimate of drug-likeness (QED) is 0.848. The fraction of sp³-hybridized carbons (Fsp3) is 0.571. The maximum absolute atomic E-state index is 10.3. The summed E-state index contributed by atoms with van der Waals surface area (Å²) in [7, 11) is 0. The van der Waals surface area contributed by atoms with Gasteiger partial charge in [-0.25, -0.2) is 0 Å². The van der Waals surface area contributed by atoms with Crippen LogP contribution in [-0.2, 0) is 11.2 Å². The van der Waals surface area contributed by atoms with E-state index in [9.17, 15) is 5.11 Å². The van der Waals surface area contributed by atoms with Gasteiger partial charge in [0.25, 0.3) is 0 Å². The van der Waals surface area contributed by atoms with Crippen molar-refractivity contribution < 1.29 is 9.84 Å². The second-order valence-electron chi connectivity index (χ2n) is 4.62. The third kappa shape index (κ3) is 2.13. The lowest BCUT2D eigenvalue weighted by Gasteiger charge is -2.32. The minimum absolute atomic E-state index is 0.139. The van der Waals surface area contributed by atoms with E-state index in [1.807, 2.05) is 6.07 Å². The molecule has 2 nitrogen and oxygen atoms in total. The lowest BCUT2D eigenvalue weighted by Crippen LogP contribution is -2.31. The van der Waals surface area contributed by atoms with Crippen LogP contribution in [0.4, 0.5) is 0 Å². The fourth-order valence-electron chi connectivity index (χ4n) is 2.25. The van der Waals surface area contributed by atoms with Crippen molar-refractivity contribution in [2.24, 2.45) is 5.92 Å². The molecule has 1 aliphatic heterocycles. The Labute approximate surface area is 97.3 Å². The number of hydrogen-bond acceptors (Lipinski definition) is 2. The number of hydrogen-bond donors (Lipinski definition) is 1. The van der Waals surface area contributed by atoms with E-state index in [0.29, 0.717) is 0 Å². The predicted octanol–water partition coefficient (Wildman–Crippen LogP) is 2.71. The zero-order valence-corrected chi connectivity index (χ0v) is 10.0. The summed E-state index contributed by atoms with van der Waals surface area (Å²) in [6.45, 7) is 4.89. The molecule has 0 spiro atoms. The van der Waals surface area contributed by atoms with Crippen LogP contribution in [0.5, 0.6) is 0 Å². The zero-order valence-electron chi connectivity index (χ0n) is 10.0.